The van der Waals surface area contributed by atoms with Crippen molar-refractivity contribution < 1.29 is 19.0 Å². The lowest BCUT2D eigenvalue weighted by Crippen LogP contribution is -2.30. The molecule has 0 amide bonds. The summed E-state index contributed by atoms with van der Waals surface area (Å²) in [7, 11) is 0. The van der Waals surface area contributed by atoms with E-state index in [1.54, 1.807) is 6.92 Å². The minimum absolute atomic E-state index is 0.277. The fourth-order valence-electron chi connectivity index (χ4n) is 4.31. The van der Waals surface area contributed by atoms with Gasteiger partial charge in [0.1, 0.15) is 18.5 Å². The maximum atomic E-state index is 12.2. The van der Waals surface area contributed by atoms with Crippen LogP contribution in [0.25, 0.3) is 22.5 Å². The predicted molar refractivity (Wildman–Crippen MR) is 161 cm³/mol. The number of nitrogens with zero attached hydrogens (tertiary/aromatic N) is 2. The van der Waals surface area contributed by atoms with Gasteiger partial charge in [0.05, 0.1) is 0 Å². The number of carbonyl (C=O) groups is 1. The molecule has 3 rings (SSSR count). The molecule has 0 radical (unpaired) electrons. The van der Waals surface area contributed by atoms with Crippen molar-refractivity contribution in [1.29, 1.82) is 0 Å². The Bertz CT molecular complexity index is 1110. The Morgan fingerprint density at radius 2 is 1.32 bits per heavy atom. The number of ether oxygens (including phenoxy) is 3. The van der Waals surface area contributed by atoms with Crippen LogP contribution >= 0.6 is 0 Å². The largest absolute Gasteiger partial charge is 0.490 e. The van der Waals surface area contributed by atoms with E-state index in [1.165, 1.54) is 44.1 Å². The van der Waals surface area contributed by atoms with Crippen LogP contribution in [0.1, 0.15) is 84.6 Å². The normalized spacial score (nSPS) is 12.6. The summed E-state index contributed by atoms with van der Waals surface area (Å²) in [5, 5.41) is 0. The second kappa shape index (κ2) is 17.4. The van der Waals surface area contributed by atoms with E-state index in [1.807, 2.05) is 43.6 Å². The fraction of sp³-hybridized carbons (Fsp3) is 0.500. The number of carbonyl (C=O) groups excluding carboxylic acids is 1. The topological polar surface area (TPSA) is 70.5 Å². The second-order valence-electron chi connectivity index (χ2n) is 10.5. The third kappa shape index (κ3) is 10.7. The van der Waals surface area contributed by atoms with Gasteiger partial charge < -0.3 is 14.2 Å². The molecule has 6 nitrogen and oxygen atoms in total. The maximum Gasteiger partial charge on any atom is 0.335 e. The minimum Gasteiger partial charge on any atom is -0.490 e. The maximum absolute atomic E-state index is 12.2. The molecule has 0 spiro atoms. The van der Waals surface area contributed by atoms with Crippen LogP contribution in [-0.2, 0) is 20.7 Å². The molecule has 0 fully saturated rings. The zero-order chi connectivity index (χ0) is 28.6. The molecule has 0 aliphatic heterocycles. The quantitative estimate of drug-likeness (QED) is 0.118. The number of rotatable bonds is 18. The molecule has 6 heteroatoms. The predicted octanol–water partition coefficient (Wildman–Crippen LogP) is 8.23. The zero-order valence-corrected chi connectivity index (χ0v) is 24.7. The van der Waals surface area contributed by atoms with Crippen molar-refractivity contribution in [1.82, 2.24) is 9.97 Å². The van der Waals surface area contributed by atoms with Crippen LogP contribution in [0.2, 0.25) is 0 Å². The van der Waals surface area contributed by atoms with Gasteiger partial charge in [-0.25, -0.2) is 14.8 Å². The van der Waals surface area contributed by atoms with Gasteiger partial charge >= 0.3 is 5.97 Å². The molecule has 40 heavy (non-hydrogen) atoms. The monoisotopic (exact) mass is 546 g/mol. The van der Waals surface area contributed by atoms with Crippen molar-refractivity contribution in [3.63, 3.8) is 0 Å². The summed E-state index contributed by atoms with van der Waals surface area (Å²) in [4.78, 5) is 21.4. The number of aromatic nitrogens is 2. The number of unbranched alkanes of at least 4 members (excludes halogenated alkanes) is 6. The SMILES string of the molecule is CCCCCCCCc1cnc(-c2ccc(-c3ccc(OC[C@H](C)OC(=O)C(C)OCCCC)cc3)cc2)nc1. The highest BCUT2D eigenvalue weighted by Crippen LogP contribution is 2.25. The van der Waals surface area contributed by atoms with Gasteiger partial charge in [-0.15, -0.1) is 0 Å². The van der Waals surface area contributed by atoms with E-state index in [-0.39, 0.29) is 18.7 Å². The van der Waals surface area contributed by atoms with Crippen molar-refractivity contribution in [2.45, 2.75) is 97.7 Å². The number of hydrogen-bond donors (Lipinski definition) is 0. The van der Waals surface area contributed by atoms with Crippen LogP contribution in [0.4, 0.5) is 0 Å². The van der Waals surface area contributed by atoms with Crippen molar-refractivity contribution in [3.8, 4) is 28.3 Å². The zero-order valence-electron chi connectivity index (χ0n) is 24.7. The number of aryl methyl sites for hydroxylation is 1. The number of hydrogen-bond acceptors (Lipinski definition) is 6. The molecular formula is C34H46N2O4. The molecule has 3 aromatic rings. The van der Waals surface area contributed by atoms with Crippen LogP contribution in [0.3, 0.4) is 0 Å². The Balaban J connectivity index is 1.44. The first-order valence-electron chi connectivity index (χ1n) is 15.0. The lowest BCUT2D eigenvalue weighted by Gasteiger charge is -2.18. The molecular weight excluding hydrogens is 500 g/mol. The molecule has 2 aromatic carbocycles. The first kappa shape index (κ1) is 31.3. The molecule has 0 saturated carbocycles. The van der Waals surface area contributed by atoms with Crippen molar-refractivity contribution >= 4 is 5.97 Å². The van der Waals surface area contributed by atoms with Crippen LogP contribution in [0.15, 0.2) is 60.9 Å². The van der Waals surface area contributed by atoms with E-state index >= 15 is 0 Å². The molecule has 1 heterocycles. The van der Waals surface area contributed by atoms with Crippen molar-refractivity contribution in [2.24, 2.45) is 0 Å². The molecule has 2 atom stereocenters. The third-order valence-corrected chi connectivity index (χ3v) is 6.85. The van der Waals surface area contributed by atoms with Gasteiger partial charge in [-0.05, 0) is 61.9 Å². The Hall–Kier alpha value is -3.25. The van der Waals surface area contributed by atoms with E-state index in [2.05, 4.69) is 48.1 Å². The lowest BCUT2D eigenvalue weighted by molar-refractivity contribution is -0.162. The van der Waals surface area contributed by atoms with Crippen LogP contribution in [-0.4, -0.2) is 41.4 Å². The Kier molecular flexibility index (Phi) is 13.6. The standard InChI is InChI=1S/C34H46N2O4/c1-5-7-9-10-11-12-13-28-23-35-33(36-24-28)31-16-14-29(15-17-31)30-18-20-32(21-19-30)39-25-26(3)40-34(37)27(4)38-22-8-6-2/h14-21,23-24,26-27H,5-13,22,25H2,1-4H3/t26-,27?/m0/s1. The molecule has 216 valence electrons. The summed E-state index contributed by atoms with van der Waals surface area (Å²) in [6.07, 6.45) is 13.7. The highest BCUT2D eigenvalue weighted by Gasteiger charge is 2.18. The van der Waals surface area contributed by atoms with Gasteiger partial charge in [0.25, 0.3) is 0 Å². The van der Waals surface area contributed by atoms with Gasteiger partial charge in [0.15, 0.2) is 11.9 Å². The summed E-state index contributed by atoms with van der Waals surface area (Å²) < 4.78 is 16.8. The van der Waals surface area contributed by atoms with Gasteiger partial charge in [0.2, 0.25) is 0 Å². The smallest absolute Gasteiger partial charge is 0.335 e. The Morgan fingerprint density at radius 1 is 0.750 bits per heavy atom. The lowest BCUT2D eigenvalue weighted by atomic mass is 10.0. The average molecular weight is 547 g/mol. The minimum atomic E-state index is -0.569. The van der Waals surface area contributed by atoms with Crippen LogP contribution in [0.5, 0.6) is 5.75 Å². The van der Waals surface area contributed by atoms with Gasteiger partial charge in [-0.1, -0.05) is 88.8 Å². The highest BCUT2D eigenvalue weighted by molar-refractivity contribution is 5.74. The van der Waals surface area contributed by atoms with E-state index in [0.717, 1.165) is 47.5 Å². The summed E-state index contributed by atoms with van der Waals surface area (Å²) in [6, 6.07) is 16.2. The molecule has 0 bridgehead atoms. The first-order valence-corrected chi connectivity index (χ1v) is 15.0. The third-order valence-electron chi connectivity index (χ3n) is 6.85. The summed E-state index contributed by atoms with van der Waals surface area (Å²) >= 11 is 0. The Labute approximate surface area is 240 Å². The van der Waals surface area contributed by atoms with E-state index in [4.69, 9.17) is 14.2 Å². The van der Waals surface area contributed by atoms with Gasteiger partial charge in [-0.2, -0.15) is 0 Å². The summed E-state index contributed by atoms with van der Waals surface area (Å²) in [5.41, 5.74) is 4.40. The van der Waals surface area contributed by atoms with Crippen LogP contribution < -0.4 is 4.74 Å². The number of esters is 1. The molecule has 1 aromatic heterocycles. The molecule has 1 unspecified atom stereocenters. The molecule has 0 aliphatic rings. The van der Waals surface area contributed by atoms with E-state index in [9.17, 15) is 4.79 Å². The van der Waals surface area contributed by atoms with Gasteiger partial charge in [0, 0.05) is 24.6 Å². The Morgan fingerprint density at radius 3 is 1.98 bits per heavy atom. The fourth-order valence-corrected chi connectivity index (χ4v) is 4.31. The van der Waals surface area contributed by atoms with Crippen molar-refractivity contribution in [2.75, 3.05) is 13.2 Å². The average Bonchev–Trinajstić information content (AvgIpc) is 2.98. The summed E-state index contributed by atoms with van der Waals surface area (Å²) in [5.74, 6) is 1.11. The van der Waals surface area contributed by atoms with Crippen molar-refractivity contribution in [3.05, 3.63) is 66.5 Å². The molecule has 0 aliphatic carbocycles. The summed E-state index contributed by atoms with van der Waals surface area (Å²) in [6.45, 7) is 8.71. The second-order valence-corrected chi connectivity index (χ2v) is 10.5. The first-order chi connectivity index (χ1) is 19.5. The number of benzene rings is 2. The van der Waals surface area contributed by atoms with Crippen LogP contribution in [0, 0.1) is 0 Å². The molecule has 0 saturated heterocycles. The molecule has 0 N–H and O–H groups in total. The van der Waals surface area contributed by atoms with E-state index < -0.39 is 6.10 Å². The highest BCUT2D eigenvalue weighted by atomic mass is 16.6. The van der Waals surface area contributed by atoms with Gasteiger partial charge in [-0.3, -0.25) is 0 Å². The van der Waals surface area contributed by atoms with E-state index in [0.29, 0.717) is 6.61 Å².